The third kappa shape index (κ3) is 4.89. The predicted molar refractivity (Wildman–Crippen MR) is 116 cm³/mol. The van der Waals surface area contributed by atoms with E-state index in [9.17, 15) is 19.7 Å². The van der Waals surface area contributed by atoms with Crippen LogP contribution in [0.1, 0.15) is 22.9 Å². The van der Waals surface area contributed by atoms with E-state index in [2.05, 4.69) is 4.99 Å². The highest BCUT2D eigenvalue weighted by molar-refractivity contribution is 7.16. The van der Waals surface area contributed by atoms with Gasteiger partial charge in [0.2, 0.25) is 0 Å². The zero-order chi connectivity index (χ0) is 21.8. The van der Waals surface area contributed by atoms with Gasteiger partial charge in [0.1, 0.15) is 6.54 Å². The average Bonchev–Trinajstić information content (AvgIpc) is 3.27. The molecule has 0 unspecified atom stereocenters. The number of aryl methyl sites for hydroxylation is 2. The fourth-order valence-electron chi connectivity index (χ4n) is 2.90. The predicted octanol–water partition coefficient (Wildman–Crippen LogP) is 3.99. The summed E-state index contributed by atoms with van der Waals surface area (Å²) in [5, 5.41) is 10.8. The van der Waals surface area contributed by atoms with Gasteiger partial charge in [0.25, 0.3) is 5.91 Å². The highest BCUT2D eigenvalue weighted by Crippen LogP contribution is 2.25. The number of aromatic nitrogens is 1. The van der Waals surface area contributed by atoms with Crippen LogP contribution in [-0.4, -0.2) is 28.0 Å². The second kappa shape index (κ2) is 9.14. The Bertz CT molecular complexity index is 1230. The van der Waals surface area contributed by atoms with Crippen LogP contribution in [0.25, 0.3) is 16.3 Å². The van der Waals surface area contributed by atoms with Crippen LogP contribution in [0.2, 0.25) is 0 Å². The minimum absolute atomic E-state index is 0.00154. The monoisotopic (exact) mass is 445 g/mol. The normalized spacial score (nSPS) is 12.0. The Labute approximate surface area is 179 Å². The fourth-order valence-corrected chi connectivity index (χ4v) is 4.71. The van der Waals surface area contributed by atoms with Crippen LogP contribution < -0.4 is 4.80 Å². The summed E-state index contributed by atoms with van der Waals surface area (Å²) in [5.74, 6) is -0.934. The maximum Gasteiger partial charge on any atom is 0.326 e. The van der Waals surface area contributed by atoms with E-state index >= 15 is 0 Å². The van der Waals surface area contributed by atoms with Crippen molar-refractivity contribution in [1.82, 2.24) is 4.57 Å². The Morgan fingerprint density at radius 2 is 2.03 bits per heavy atom. The van der Waals surface area contributed by atoms with E-state index in [1.165, 1.54) is 29.6 Å². The lowest BCUT2D eigenvalue weighted by atomic mass is 10.1. The number of rotatable bonds is 6. The summed E-state index contributed by atoms with van der Waals surface area (Å²) in [6, 6.07) is 6.93. The number of nitro groups is 1. The smallest absolute Gasteiger partial charge is 0.326 e. The number of hydrogen-bond acceptors (Lipinski definition) is 7. The van der Waals surface area contributed by atoms with Gasteiger partial charge in [-0.1, -0.05) is 28.7 Å². The van der Waals surface area contributed by atoms with Gasteiger partial charge in [-0.3, -0.25) is 19.7 Å². The van der Waals surface area contributed by atoms with Crippen molar-refractivity contribution < 1.29 is 19.2 Å². The van der Waals surface area contributed by atoms with E-state index < -0.39 is 16.8 Å². The summed E-state index contributed by atoms with van der Waals surface area (Å²) >= 11 is 2.29. The Morgan fingerprint density at radius 1 is 1.27 bits per heavy atom. The molecule has 0 aliphatic rings. The first-order chi connectivity index (χ1) is 14.3. The molecule has 0 saturated carbocycles. The maximum absolute atomic E-state index is 12.4. The largest absolute Gasteiger partial charge is 0.465 e. The van der Waals surface area contributed by atoms with Crippen LogP contribution in [0, 0.1) is 24.0 Å². The third-order valence-electron chi connectivity index (χ3n) is 4.10. The van der Waals surface area contributed by atoms with Crippen LogP contribution in [-0.2, 0) is 20.9 Å². The van der Waals surface area contributed by atoms with E-state index in [0.717, 1.165) is 32.7 Å². The number of carbonyl (C=O) groups is 2. The molecule has 30 heavy (non-hydrogen) atoms. The molecule has 156 valence electrons. The topological polar surface area (TPSA) is 104 Å². The molecule has 1 amide bonds. The molecule has 8 nitrogen and oxygen atoms in total. The van der Waals surface area contributed by atoms with E-state index in [4.69, 9.17) is 4.74 Å². The molecule has 2 heterocycles. The summed E-state index contributed by atoms with van der Waals surface area (Å²) < 4.78 is 7.68. The van der Waals surface area contributed by atoms with Crippen LogP contribution in [0.5, 0.6) is 0 Å². The SMILES string of the molecule is CCOC(=O)Cn1c(=NC(=O)/C=C/c2ccc([N+](=O)[O-])s2)sc2c(C)cc(C)cc21. The summed E-state index contributed by atoms with van der Waals surface area (Å²) in [4.78, 5) is 39.9. The van der Waals surface area contributed by atoms with Crippen molar-refractivity contribution in [2.75, 3.05) is 6.61 Å². The van der Waals surface area contributed by atoms with Crippen LogP contribution in [0.4, 0.5) is 5.00 Å². The molecule has 1 aromatic carbocycles. The molecule has 0 atom stereocenters. The zero-order valence-electron chi connectivity index (χ0n) is 16.6. The number of nitrogens with zero attached hydrogens (tertiary/aromatic N) is 3. The first-order valence-electron chi connectivity index (χ1n) is 9.05. The van der Waals surface area contributed by atoms with Crippen molar-refractivity contribution in [3.8, 4) is 0 Å². The molecule has 3 aromatic rings. The molecule has 2 aromatic heterocycles. The minimum atomic E-state index is -0.524. The zero-order valence-corrected chi connectivity index (χ0v) is 18.2. The van der Waals surface area contributed by atoms with Crippen molar-refractivity contribution >= 4 is 55.8 Å². The Kier molecular flexibility index (Phi) is 6.58. The van der Waals surface area contributed by atoms with E-state index in [1.807, 2.05) is 26.0 Å². The molecular weight excluding hydrogens is 426 g/mol. The number of hydrogen-bond donors (Lipinski definition) is 0. The molecule has 0 N–H and O–H groups in total. The van der Waals surface area contributed by atoms with Gasteiger partial charge in [-0.25, -0.2) is 0 Å². The Morgan fingerprint density at radius 3 is 2.70 bits per heavy atom. The number of thiophene rings is 1. The van der Waals surface area contributed by atoms with Crippen LogP contribution in [0.3, 0.4) is 0 Å². The maximum atomic E-state index is 12.4. The molecule has 0 aliphatic carbocycles. The summed E-state index contributed by atoms with van der Waals surface area (Å²) in [5.41, 5.74) is 2.88. The van der Waals surface area contributed by atoms with Crippen molar-refractivity contribution in [2.45, 2.75) is 27.3 Å². The van der Waals surface area contributed by atoms with E-state index in [-0.39, 0.29) is 18.2 Å². The number of fused-ring (bicyclic) bond motifs is 1. The molecule has 0 aliphatic heterocycles. The lowest BCUT2D eigenvalue weighted by Gasteiger charge is -2.06. The number of esters is 1. The minimum Gasteiger partial charge on any atom is -0.465 e. The molecule has 0 fully saturated rings. The first kappa shape index (κ1) is 21.6. The van der Waals surface area contributed by atoms with Crippen molar-refractivity contribution in [3.63, 3.8) is 0 Å². The van der Waals surface area contributed by atoms with Crippen LogP contribution in [0.15, 0.2) is 35.3 Å². The number of amides is 1. The molecule has 0 bridgehead atoms. The molecule has 0 radical (unpaired) electrons. The second-order valence-corrected chi connectivity index (χ2v) is 8.49. The summed E-state index contributed by atoms with van der Waals surface area (Å²) in [7, 11) is 0. The molecule has 10 heteroatoms. The second-order valence-electron chi connectivity index (χ2n) is 6.42. The number of thiazole rings is 1. The van der Waals surface area contributed by atoms with Gasteiger partial charge in [0.15, 0.2) is 4.80 Å². The first-order valence-corrected chi connectivity index (χ1v) is 10.7. The highest BCUT2D eigenvalue weighted by Gasteiger charge is 2.14. The molecule has 0 saturated heterocycles. The number of benzene rings is 1. The van der Waals surface area contributed by atoms with Gasteiger partial charge in [-0.15, -0.1) is 0 Å². The van der Waals surface area contributed by atoms with Crippen molar-refractivity contribution in [2.24, 2.45) is 4.99 Å². The molecule has 3 rings (SSSR count). The van der Waals surface area contributed by atoms with Gasteiger partial charge in [0.05, 0.1) is 21.7 Å². The van der Waals surface area contributed by atoms with Gasteiger partial charge in [-0.2, -0.15) is 4.99 Å². The van der Waals surface area contributed by atoms with E-state index in [1.54, 1.807) is 17.6 Å². The Hall–Kier alpha value is -3.11. The van der Waals surface area contributed by atoms with Crippen molar-refractivity contribution in [3.05, 3.63) is 61.3 Å². The molecule has 0 spiro atoms. The van der Waals surface area contributed by atoms with Gasteiger partial charge in [0, 0.05) is 17.0 Å². The standard InChI is InChI=1S/C20H19N3O5S2/c1-4-28-18(25)11-22-15-10-12(2)9-13(3)19(15)30-20(22)21-16(24)7-5-14-6-8-17(29-14)23(26)27/h5-10H,4,11H2,1-3H3/b7-5+,21-20?. The van der Waals surface area contributed by atoms with Crippen molar-refractivity contribution in [1.29, 1.82) is 0 Å². The summed E-state index contributed by atoms with van der Waals surface area (Å²) in [6.07, 6.45) is 2.74. The van der Waals surface area contributed by atoms with E-state index in [0.29, 0.717) is 9.68 Å². The van der Waals surface area contributed by atoms with Gasteiger partial charge >= 0.3 is 11.0 Å². The number of ether oxygens (including phenoxy) is 1. The summed E-state index contributed by atoms with van der Waals surface area (Å²) in [6.45, 7) is 5.88. The van der Waals surface area contributed by atoms with Gasteiger partial charge in [-0.05, 0) is 50.1 Å². The Balaban J connectivity index is 1.99. The quantitative estimate of drug-likeness (QED) is 0.247. The lowest BCUT2D eigenvalue weighted by Crippen LogP contribution is -2.22. The third-order valence-corrected chi connectivity index (χ3v) is 6.33. The van der Waals surface area contributed by atoms with Crippen LogP contribution >= 0.6 is 22.7 Å². The molecular formula is C20H19N3O5S2. The average molecular weight is 446 g/mol. The number of carbonyl (C=O) groups excluding carboxylic acids is 2. The fraction of sp³-hybridized carbons (Fsp3) is 0.250. The lowest BCUT2D eigenvalue weighted by molar-refractivity contribution is -0.380. The highest BCUT2D eigenvalue weighted by atomic mass is 32.1. The van der Waals surface area contributed by atoms with Gasteiger partial charge < -0.3 is 9.30 Å².